The van der Waals surface area contributed by atoms with Crippen molar-refractivity contribution in [1.82, 2.24) is 10.2 Å². The van der Waals surface area contributed by atoms with Gasteiger partial charge in [0.15, 0.2) is 5.15 Å². The first-order valence-corrected chi connectivity index (χ1v) is 7.57. The van der Waals surface area contributed by atoms with Gasteiger partial charge in [-0.25, -0.2) is 0 Å². The molecule has 0 spiro atoms. The highest BCUT2D eigenvalue weighted by atomic mass is 35.5. The lowest BCUT2D eigenvalue weighted by Crippen LogP contribution is -2.06. The molecule has 3 nitrogen and oxygen atoms in total. The Morgan fingerprint density at radius 3 is 2.27 bits per heavy atom. The van der Waals surface area contributed by atoms with Crippen LogP contribution in [0.15, 0.2) is 66.7 Å². The number of nitrogens with zero attached hydrogens (tertiary/aromatic N) is 2. The Morgan fingerprint density at radius 2 is 1.55 bits per heavy atom. The monoisotopic (exact) mass is 309 g/mol. The van der Waals surface area contributed by atoms with E-state index in [2.05, 4.69) is 27.6 Å². The summed E-state index contributed by atoms with van der Waals surface area (Å²) in [6.45, 7) is 0.795. The molecule has 0 amide bonds. The highest BCUT2D eigenvalue weighted by Crippen LogP contribution is 2.24. The standard InChI is InChI=1S/C18H16ClN3/c19-18-17(20-12-11-14-7-3-1-4-8-14)13-16(21-22-18)15-9-5-2-6-10-15/h1-10,13H,11-12H2,(H,20,21). The molecule has 110 valence electrons. The quantitative estimate of drug-likeness (QED) is 0.756. The molecule has 2 aromatic carbocycles. The molecule has 0 aliphatic carbocycles. The Balaban J connectivity index is 1.71. The second-order valence-electron chi connectivity index (χ2n) is 4.96. The number of halogens is 1. The smallest absolute Gasteiger partial charge is 0.174 e. The summed E-state index contributed by atoms with van der Waals surface area (Å²) < 4.78 is 0. The van der Waals surface area contributed by atoms with E-state index < -0.39 is 0 Å². The maximum atomic E-state index is 6.13. The molecule has 0 radical (unpaired) electrons. The van der Waals surface area contributed by atoms with Gasteiger partial charge in [0.05, 0.1) is 11.4 Å². The van der Waals surface area contributed by atoms with E-state index in [4.69, 9.17) is 11.6 Å². The van der Waals surface area contributed by atoms with E-state index in [1.54, 1.807) is 0 Å². The van der Waals surface area contributed by atoms with Gasteiger partial charge in [0.1, 0.15) is 0 Å². The first-order valence-electron chi connectivity index (χ1n) is 7.19. The summed E-state index contributed by atoms with van der Waals surface area (Å²) >= 11 is 6.13. The molecule has 0 atom stereocenters. The molecule has 3 rings (SSSR count). The fourth-order valence-corrected chi connectivity index (χ4v) is 2.40. The molecular weight excluding hydrogens is 294 g/mol. The summed E-state index contributed by atoms with van der Waals surface area (Å²) in [5.41, 5.74) is 3.94. The highest BCUT2D eigenvalue weighted by Gasteiger charge is 2.06. The Labute approximate surface area is 135 Å². The fourth-order valence-electron chi connectivity index (χ4n) is 2.24. The maximum absolute atomic E-state index is 6.13. The summed E-state index contributed by atoms with van der Waals surface area (Å²) in [5, 5.41) is 11.9. The van der Waals surface area contributed by atoms with Crippen LogP contribution in [0.25, 0.3) is 11.3 Å². The first kappa shape index (κ1) is 14.5. The summed E-state index contributed by atoms with van der Waals surface area (Å²) in [6.07, 6.45) is 0.931. The normalized spacial score (nSPS) is 10.4. The largest absolute Gasteiger partial charge is 0.382 e. The van der Waals surface area contributed by atoms with Crippen LogP contribution in [0, 0.1) is 0 Å². The van der Waals surface area contributed by atoms with Crippen LogP contribution in [-0.2, 0) is 6.42 Å². The number of hydrogen-bond donors (Lipinski definition) is 1. The molecule has 22 heavy (non-hydrogen) atoms. The lowest BCUT2D eigenvalue weighted by atomic mass is 10.1. The van der Waals surface area contributed by atoms with Crippen molar-refractivity contribution in [1.29, 1.82) is 0 Å². The van der Waals surface area contributed by atoms with Gasteiger partial charge in [0.2, 0.25) is 0 Å². The van der Waals surface area contributed by atoms with Gasteiger partial charge < -0.3 is 5.32 Å². The summed E-state index contributed by atoms with van der Waals surface area (Å²) in [7, 11) is 0. The average molecular weight is 310 g/mol. The number of nitrogens with one attached hydrogen (secondary N) is 1. The third-order valence-electron chi connectivity index (χ3n) is 3.39. The Kier molecular flexibility index (Phi) is 4.66. The number of rotatable bonds is 5. The van der Waals surface area contributed by atoms with Crippen molar-refractivity contribution in [2.24, 2.45) is 0 Å². The SMILES string of the molecule is Clc1nnc(-c2ccccc2)cc1NCCc1ccccc1. The fraction of sp³-hybridized carbons (Fsp3) is 0.111. The summed E-state index contributed by atoms with van der Waals surface area (Å²) in [4.78, 5) is 0. The third-order valence-corrected chi connectivity index (χ3v) is 3.67. The number of aromatic nitrogens is 2. The lowest BCUT2D eigenvalue weighted by molar-refractivity contribution is 0.995. The summed E-state index contributed by atoms with van der Waals surface area (Å²) in [5.74, 6) is 0. The zero-order chi connectivity index (χ0) is 15.2. The highest BCUT2D eigenvalue weighted by molar-refractivity contribution is 6.31. The van der Waals surface area contributed by atoms with Crippen molar-refractivity contribution < 1.29 is 0 Å². The van der Waals surface area contributed by atoms with E-state index in [1.165, 1.54) is 5.56 Å². The molecule has 0 fully saturated rings. The molecule has 4 heteroatoms. The van der Waals surface area contributed by atoms with Crippen LogP contribution >= 0.6 is 11.6 Å². The van der Waals surface area contributed by atoms with E-state index in [0.717, 1.165) is 29.9 Å². The zero-order valence-electron chi connectivity index (χ0n) is 12.0. The van der Waals surface area contributed by atoms with Crippen LogP contribution in [0.3, 0.4) is 0 Å². The van der Waals surface area contributed by atoms with Crippen LogP contribution < -0.4 is 5.32 Å². The molecule has 0 aliphatic rings. The molecule has 1 aromatic heterocycles. The zero-order valence-corrected chi connectivity index (χ0v) is 12.8. The minimum Gasteiger partial charge on any atom is -0.382 e. The Hall–Kier alpha value is -2.39. The van der Waals surface area contributed by atoms with Gasteiger partial charge in [-0.3, -0.25) is 0 Å². The van der Waals surface area contributed by atoms with Gasteiger partial charge in [-0.15, -0.1) is 10.2 Å². The molecule has 1 heterocycles. The Bertz CT molecular complexity index is 730. The molecular formula is C18H16ClN3. The number of hydrogen-bond acceptors (Lipinski definition) is 3. The second-order valence-corrected chi connectivity index (χ2v) is 5.32. The van der Waals surface area contributed by atoms with E-state index in [1.807, 2.05) is 54.6 Å². The van der Waals surface area contributed by atoms with Gasteiger partial charge in [-0.05, 0) is 18.1 Å². The first-order chi connectivity index (χ1) is 10.8. The number of anilines is 1. The van der Waals surface area contributed by atoms with Crippen molar-refractivity contribution in [3.05, 3.63) is 77.4 Å². The summed E-state index contributed by atoms with van der Waals surface area (Å²) in [6, 6.07) is 22.2. The van der Waals surface area contributed by atoms with E-state index in [0.29, 0.717) is 5.15 Å². The predicted molar refractivity (Wildman–Crippen MR) is 91.1 cm³/mol. The van der Waals surface area contributed by atoms with Gasteiger partial charge in [-0.1, -0.05) is 72.3 Å². The minimum absolute atomic E-state index is 0.396. The van der Waals surface area contributed by atoms with Crippen LogP contribution in [0.1, 0.15) is 5.56 Å². The number of benzene rings is 2. The van der Waals surface area contributed by atoms with E-state index in [-0.39, 0.29) is 0 Å². The Morgan fingerprint density at radius 1 is 0.864 bits per heavy atom. The minimum atomic E-state index is 0.396. The lowest BCUT2D eigenvalue weighted by Gasteiger charge is -2.09. The molecule has 0 saturated heterocycles. The van der Waals surface area contributed by atoms with Crippen LogP contribution in [0.4, 0.5) is 5.69 Å². The van der Waals surface area contributed by atoms with Crippen LogP contribution in [0.5, 0.6) is 0 Å². The van der Waals surface area contributed by atoms with Crippen molar-refractivity contribution >= 4 is 17.3 Å². The van der Waals surface area contributed by atoms with Crippen molar-refractivity contribution in [3.63, 3.8) is 0 Å². The van der Waals surface area contributed by atoms with Gasteiger partial charge in [-0.2, -0.15) is 0 Å². The van der Waals surface area contributed by atoms with Crippen LogP contribution in [0.2, 0.25) is 5.15 Å². The topological polar surface area (TPSA) is 37.8 Å². The van der Waals surface area contributed by atoms with Crippen molar-refractivity contribution in [2.75, 3.05) is 11.9 Å². The molecule has 1 N–H and O–H groups in total. The van der Waals surface area contributed by atoms with Crippen molar-refractivity contribution in [2.45, 2.75) is 6.42 Å². The predicted octanol–water partition coefficient (Wildman–Crippen LogP) is 4.45. The second kappa shape index (κ2) is 7.05. The molecule has 0 unspecified atom stereocenters. The molecule has 3 aromatic rings. The molecule has 0 saturated carbocycles. The maximum Gasteiger partial charge on any atom is 0.174 e. The average Bonchev–Trinajstić information content (AvgIpc) is 2.58. The van der Waals surface area contributed by atoms with E-state index in [9.17, 15) is 0 Å². The van der Waals surface area contributed by atoms with Gasteiger partial charge in [0, 0.05) is 12.1 Å². The van der Waals surface area contributed by atoms with Gasteiger partial charge >= 0.3 is 0 Å². The van der Waals surface area contributed by atoms with Crippen molar-refractivity contribution in [3.8, 4) is 11.3 Å². The third kappa shape index (κ3) is 3.62. The van der Waals surface area contributed by atoms with Crippen LogP contribution in [-0.4, -0.2) is 16.7 Å². The van der Waals surface area contributed by atoms with E-state index >= 15 is 0 Å². The molecule has 0 bridgehead atoms. The van der Waals surface area contributed by atoms with Gasteiger partial charge in [0.25, 0.3) is 0 Å². The molecule has 0 aliphatic heterocycles.